The van der Waals surface area contributed by atoms with Crippen molar-refractivity contribution in [1.29, 1.82) is 0 Å². The van der Waals surface area contributed by atoms with E-state index in [1.165, 1.54) is 0 Å². The van der Waals surface area contributed by atoms with Crippen LogP contribution >= 0.6 is 24.8 Å². The number of pyridine rings is 1. The van der Waals surface area contributed by atoms with Crippen LogP contribution in [-0.4, -0.2) is 60.8 Å². The molecule has 0 saturated carbocycles. The van der Waals surface area contributed by atoms with Gasteiger partial charge in [0.1, 0.15) is 0 Å². The van der Waals surface area contributed by atoms with Gasteiger partial charge in [0.15, 0.2) is 0 Å². The summed E-state index contributed by atoms with van der Waals surface area (Å²) >= 11 is 0. The van der Waals surface area contributed by atoms with Crippen LogP contribution in [0, 0.1) is 5.92 Å². The van der Waals surface area contributed by atoms with Gasteiger partial charge in [-0.15, -0.1) is 24.8 Å². The Balaban J connectivity index is 0.00000242. The van der Waals surface area contributed by atoms with E-state index in [9.17, 15) is 9.59 Å². The quantitative estimate of drug-likeness (QED) is 0.852. The summed E-state index contributed by atoms with van der Waals surface area (Å²) in [4.78, 5) is 32.1. The van der Waals surface area contributed by atoms with Gasteiger partial charge in [-0.05, 0) is 18.7 Å². The Hall–Kier alpha value is -1.37. The third-order valence-electron chi connectivity index (χ3n) is 4.00. The van der Waals surface area contributed by atoms with E-state index < -0.39 is 0 Å². The molecule has 0 spiro atoms. The van der Waals surface area contributed by atoms with E-state index in [4.69, 9.17) is 0 Å². The van der Waals surface area contributed by atoms with Gasteiger partial charge >= 0.3 is 0 Å². The van der Waals surface area contributed by atoms with Crippen LogP contribution in [0.5, 0.6) is 0 Å². The van der Waals surface area contributed by atoms with Crippen LogP contribution in [0.3, 0.4) is 0 Å². The zero-order valence-electron chi connectivity index (χ0n) is 13.6. The summed E-state index contributed by atoms with van der Waals surface area (Å²) in [6.07, 6.45) is 3.68. The largest absolute Gasteiger partial charge is 0.344 e. The van der Waals surface area contributed by atoms with Crippen molar-refractivity contribution in [3.8, 4) is 0 Å². The van der Waals surface area contributed by atoms with Crippen LogP contribution in [0.15, 0.2) is 24.5 Å². The molecule has 23 heavy (non-hydrogen) atoms. The number of nitrogens with zero attached hydrogens (tertiary/aromatic N) is 3. The Kier molecular flexibility index (Phi) is 9.12. The van der Waals surface area contributed by atoms with Crippen LogP contribution in [0.25, 0.3) is 0 Å². The van der Waals surface area contributed by atoms with Crippen LogP contribution in [0.2, 0.25) is 0 Å². The van der Waals surface area contributed by atoms with Crippen molar-refractivity contribution in [1.82, 2.24) is 20.1 Å². The predicted molar refractivity (Wildman–Crippen MR) is 93.9 cm³/mol. The van der Waals surface area contributed by atoms with Gasteiger partial charge in [0.05, 0.1) is 12.0 Å². The summed E-state index contributed by atoms with van der Waals surface area (Å²) < 4.78 is 0. The molecule has 1 N–H and O–H groups in total. The lowest BCUT2D eigenvalue weighted by molar-refractivity contribution is -0.135. The molecule has 1 saturated heterocycles. The van der Waals surface area contributed by atoms with Crippen molar-refractivity contribution in [2.45, 2.75) is 12.5 Å². The Morgan fingerprint density at radius 2 is 2.17 bits per heavy atom. The summed E-state index contributed by atoms with van der Waals surface area (Å²) in [5.74, 6) is -0.324. The van der Waals surface area contributed by atoms with E-state index in [1.807, 2.05) is 19.2 Å². The first-order valence-corrected chi connectivity index (χ1v) is 7.11. The van der Waals surface area contributed by atoms with E-state index in [-0.39, 0.29) is 55.0 Å². The summed E-state index contributed by atoms with van der Waals surface area (Å²) in [5, 5.41) is 3.02. The first-order valence-electron chi connectivity index (χ1n) is 7.11. The predicted octanol–water partition coefficient (Wildman–Crippen LogP) is 1.12. The Morgan fingerprint density at radius 1 is 1.48 bits per heavy atom. The number of aromatic nitrogens is 1. The van der Waals surface area contributed by atoms with Crippen molar-refractivity contribution in [3.05, 3.63) is 30.1 Å². The number of hydrogen-bond acceptors (Lipinski definition) is 4. The van der Waals surface area contributed by atoms with Gasteiger partial charge in [-0.25, -0.2) is 0 Å². The topological polar surface area (TPSA) is 65.5 Å². The van der Waals surface area contributed by atoms with Gasteiger partial charge in [0.25, 0.3) is 0 Å². The Morgan fingerprint density at radius 3 is 2.74 bits per heavy atom. The van der Waals surface area contributed by atoms with Crippen LogP contribution in [-0.2, 0) is 9.59 Å². The summed E-state index contributed by atoms with van der Waals surface area (Å²) in [5.41, 5.74) is 0.909. The first kappa shape index (κ1) is 21.6. The van der Waals surface area contributed by atoms with Gasteiger partial charge in [-0.2, -0.15) is 0 Å². The molecule has 8 heteroatoms. The molecule has 2 rings (SSSR count). The molecule has 2 unspecified atom stereocenters. The molecule has 0 bridgehead atoms. The van der Waals surface area contributed by atoms with Crippen LogP contribution in [0.4, 0.5) is 0 Å². The summed E-state index contributed by atoms with van der Waals surface area (Å²) in [6.45, 7) is 1.36. The molecule has 1 fully saturated rings. The molecule has 130 valence electrons. The molecule has 2 heterocycles. The fourth-order valence-corrected chi connectivity index (χ4v) is 2.77. The average molecular weight is 363 g/mol. The van der Waals surface area contributed by atoms with Gasteiger partial charge in [0, 0.05) is 46.0 Å². The van der Waals surface area contributed by atoms with E-state index in [0.29, 0.717) is 6.54 Å². The minimum Gasteiger partial charge on any atom is -0.344 e. The van der Waals surface area contributed by atoms with Crippen molar-refractivity contribution in [2.75, 3.05) is 34.2 Å². The molecule has 1 aliphatic heterocycles. The highest BCUT2D eigenvalue weighted by molar-refractivity contribution is 5.90. The number of halogens is 2. The number of amides is 2. The number of likely N-dealkylation sites (N-methyl/N-ethyl adjacent to an activating group) is 2. The highest BCUT2D eigenvalue weighted by Gasteiger charge is 2.43. The summed E-state index contributed by atoms with van der Waals surface area (Å²) in [6, 6.07) is 3.52. The van der Waals surface area contributed by atoms with Gasteiger partial charge in [-0.3, -0.25) is 14.6 Å². The third kappa shape index (κ3) is 4.80. The fourth-order valence-electron chi connectivity index (χ4n) is 2.77. The highest BCUT2D eigenvalue weighted by Crippen LogP contribution is 2.37. The molecule has 0 radical (unpaired) electrons. The summed E-state index contributed by atoms with van der Waals surface area (Å²) in [7, 11) is 5.38. The monoisotopic (exact) mass is 362 g/mol. The molecule has 1 aromatic rings. The second-order valence-electron chi connectivity index (χ2n) is 5.41. The van der Waals surface area contributed by atoms with Gasteiger partial charge in [0.2, 0.25) is 11.8 Å². The minimum absolute atomic E-state index is 0. The normalized spacial score (nSPS) is 19.8. The number of carbonyl (C=O) groups is 2. The lowest BCUT2D eigenvalue weighted by atomic mass is 9.93. The number of carbonyl (C=O) groups excluding carboxylic acids is 2. The van der Waals surface area contributed by atoms with E-state index in [2.05, 4.69) is 10.3 Å². The van der Waals surface area contributed by atoms with Crippen molar-refractivity contribution in [3.63, 3.8) is 0 Å². The molecule has 1 aromatic heterocycles. The molecule has 2 atom stereocenters. The zero-order chi connectivity index (χ0) is 15.4. The van der Waals surface area contributed by atoms with Crippen molar-refractivity contribution < 1.29 is 9.59 Å². The maximum absolute atomic E-state index is 12.6. The molecule has 2 amide bonds. The fraction of sp³-hybridized carbons (Fsp3) is 0.533. The maximum atomic E-state index is 12.6. The number of hydrogen-bond donors (Lipinski definition) is 1. The van der Waals surface area contributed by atoms with Gasteiger partial charge in [-0.1, -0.05) is 6.07 Å². The lowest BCUT2D eigenvalue weighted by Crippen LogP contribution is -2.39. The number of likely N-dealkylation sites (tertiary alicyclic amines) is 1. The number of rotatable bonds is 5. The third-order valence-corrected chi connectivity index (χ3v) is 4.00. The molecule has 6 nitrogen and oxygen atoms in total. The Labute approximate surface area is 149 Å². The molecule has 0 aliphatic carbocycles. The minimum atomic E-state index is -0.339. The lowest BCUT2D eigenvalue weighted by Gasteiger charge is -2.27. The number of nitrogens with one attached hydrogen (secondary N) is 1. The second kappa shape index (κ2) is 9.70. The Bertz CT molecular complexity index is 515. The smallest absolute Gasteiger partial charge is 0.228 e. The highest BCUT2D eigenvalue weighted by atomic mass is 35.5. The molecule has 0 aromatic carbocycles. The van der Waals surface area contributed by atoms with E-state index >= 15 is 0 Å². The van der Waals surface area contributed by atoms with Crippen LogP contribution < -0.4 is 5.32 Å². The molecule has 1 aliphatic rings. The first-order chi connectivity index (χ1) is 10.1. The van der Waals surface area contributed by atoms with Crippen LogP contribution in [0.1, 0.15) is 18.0 Å². The van der Waals surface area contributed by atoms with Gasteiger partial charge < -0.3 is 15.1 Å². The van der Waals surface area contributed by atoms with Crippen molar-refractivity contribution in [2.24, 2.45) is 5.92 Å². The van der Waals surface area contributed by atoms with E-state index in [0.717, 1.165) is 12.1 Å². The van der Waals surface area contributed by atoms with E-state index in [1.54, 1.807) is 36.3 Å². The SMILES string of the molecule is CNCCN(C)C(=O)C1CC(=O)N(C)C1c1cccnc1.Cl.Cl. The maximum Gasteiger partial charge on any atom is 0.228 e. The zero-order valence-corrected chi connectivity index (χ0v) is 15.2. The van der Waals surface area contributed by atoms with Crippen molar-refractivity contribution >= 4 is 36.6 Å². The molecular formula is C15H24Cl2N4O2. The second-order valence-corrected chi connectivity index (χ2v) is 5.41. The molecular weight excluding hydrogens is 339 g/mol. The standard InChI is InChI=1S/C15H22N4O2.2ClH/c1-16-7-8-18(2)15(21)12-9-13(20)19(3)14(12)11-5-4-6-17-10-11;;/h4-6,10,12,14,16H,7-9H2,1-3H3;2*1H. The average Bonchev–Trinajstić information content (AvgIpc) is 2.80.